The fourth-order valence-electron chi connectivity index (χ4n) is 11.7. The third kappa shape index (κ3) is 8.14. The van der Waals surface area contributed by atoms with E-state index >= 15 is 13.2 Å². The van der Waals surface area contributed by atoms with Crippen molar-refractivity contribution in [3.63, 3.8) is 0 Å². The van der Waals surface area contributed by atoms with Crippen molar-refractivity contribution in [2.24, 2.45) is 5.41 Å². The van der Waals surface area contributed by atoms with Gasteiger partial charge in [0.05, 0.1) is 26.2 Å². The summed E-state index contributed by atoms with van der Waals surface area (Å²) in [4.78, 5) is 0. The van der Waals surface area contributed by atoms with Crippen molar-refractivity contribution in [1.29, 1.82) is 0 Å². The number of aryl methyl sites for hydroxylation is 1. The number of alkyl halides is 3. The summed E-state index contributed by atoms with van der Waals surface area (Å²) in [5.41, 5.74) is 8.04. The van der Waals surface area contributed by atoms with Crippen molar-refractivity contribution >= 4 is 0 Å². The minimum absolute atomic E-state index is 0.223. The highest BCUT2D eigenvalue weighted by Gasteiger charge is 2.68. The van der Waals surface area contributed by atoms with Gasteiger partial charge in [0, 0.05) is 18.3 Å². The third-order valence-corrected chi connectivity index (χ3v) is 16.8. The molecule has 2 saturated heterocycles. The second-order valence-electron chi connectivity index (χ2n) is 21.0. The van der Waals surface area contributed by atoms with Gasteiger partial charge in [0.2, 0.25) is 0 Å². The number of nitrogens with zero attached hydrogens (tertiary/aromatic N) is 1. The normalized spacial score (nSPS) is 17.3. The van der Waals surface area contributed by atoms with Crippen molar-refractivity contribution in [3.8, 4) is 44.5 Å². The lowest BCUT2D eigenvalue weighted by Crippen LogP contribution is -2.60. The molecule has 0 saturated carbocycles. The average Bonchev–Trinajstić information content (AvgIpc) is 3.34. The van der Waals surface area contributed by atoms with Crippen LogP contribution in [-0.4, -0.2) is 36.8 Å². The zero-order valence-electron chi connectivity index (χ0n) is 39.7. The Morgan fingerprint density at radius 2 is 0.758 bits per heavy atom. The number of halogens is 3. The predicted octanol–water partition coefficient (Wildman–Crippen LogP) is 16.6. The molecule has 9 rings (SSSR count). The van der Waals surface area contributed by atoms with E-state index in [0.29, 0.717) is 0 Å². The molecule has 66 heavy (non-hydrogen) atoms. The Balaban J connectivity index is 0.962. The van der Waals surface area contributed by atoms with Gasteiger partial charge in [-0.3, -0.25) is 0 Å². The molecule has 7 aromatic rings. The maximum atomic E-state index is 16.6. The molecule has 0 N–H and O–H groups in total. The minimum Gasteiger partial charge on any atom is -0.324 e. The second-order valence-corrected chi connectivity index (χ2v) is 21.0. The van der Waals surface area contributed by atoms with E-state index in [-0.39, 0.29) is 16.5 Å². The van der Waals surface area contributed by atoms with E-state index in [1.54, 1.807) is 56.3 Å². The van der Waals surface area contributed by atoms with Crippen molar-refractivity contribution in [2.75, 3.05) is 26.2 Å². The quantitative estimate of drug-likeness (QED) is 0.120. The van der Waals surface area contributed by atoms with Gasteiger partial charge in [-0.05, 0) is 104 Å². The van der Waals surface area contributed by atoms with Crippen LogP contribution in [0.4, 0.5) is 13.2 Å². The summed E-state index contributed by atoms with van der Waals surface area (Å²) in [5.74, 6) is 0. The number of hydrogen-bond donors (Lipinski definition) is 0. The van der Waals surface area contributed by atoms with Crippen LogP contribution in [0, 0.1) is 12.3 Å². The van der Waals surface area contributed by atoms with E-state index in [4.69, 9.17) is 0 Å². The first-order valence-electron chi connectivity index (χ1n) is 24.1. The van der Waals surface area contributed by atoms with Crippen molar-refractivity contribution in [1.82, 2.24) is 0 Å². The molecule has 2 aliphatic heterocycles. The number of piperidine rings is 2. The highest BCUT2D eigenvalue weighted by molar-refractivity contribution is 5.72. The van der Waals surface area contributed by atoms with Gasteiger partial charge in [0.25, 0.3) is 0 Å². The molecule has 0 amide bonds. The topological polar surface area (TPSA) is 0 Å². The van der Waals surface area contributed by atoms with Crippen molar-refractivity contribution in [3.05, 3.63) is 204 Å². The molecule has 7 aromatic carbocycles. The van der Waals surface area contributed by atoms with E-state index in [1.807, 2.05) is 50.2 Å². The fraction of sp³-hybridized carbons (Fsp3) is 0.323. The molecule has 0 aromatic heterocycles. The van der Waals surface area contributed by atoms with Crippen LogP contribution in [0.15, 0.2) is 176 Å². The van der Waals surface area contributed by atoms with E-state index in [0.717, 1.165) is 38.9 Å². The van der Waals surface area contributed by atoms with Crippen LogP contribution >= 0.6 is 0 Å². The Morgan fingerprint density at radius 1 is 0.409 bits per heavy atom. The van der Waals surface area contributed by atoms with Crippen LogP contribution in [-0.2, 0) is 16.2 Å². The summed E-state index contributed by atoms with van der Waals surface area (Å²) >= 11 is 0. The van der Waals surface area contributed by atoms with Gasteiger partial charge in [0.1, 0.15) is 5.41 Å². The molecule has 0 aliphatic carbocycles. The van der Waals surface area contributed by atoms with Gasteiger partial charge in [0.15, 0.2) is 0 Å². The Kier molecular flexibility index (Phi) is 12.1. The summed E-state index contributed by atoms with van der Waals surface area (Å²) in [6, 6.07) is 58.4. The van der Waals surface area contributed by atoms with Gasteiger partial charge in [-0.1, -0.05) is 216 Å². The molecular weight excluding hydrogens is 816 g/mol. The van der Waals surface area contributed by atoms with Crippen LogP contribution in [0.25, 0.3) is 44.5 Å². The molecule has 1 atom stereocenters. The first kappa shape index (κ1) is 45.4. The SMILES string of the molecule is Cc1ccc(-c2ccc(-c3ccc(C(c4ccccc4)(C(F)(F)F)C(C)(C)C(C)(C)c4ccc(-c5ccc(-c6ccc(C7(C)CC[N+]8(CCCCC8)CC7)cc6)cc5)cc4)cc3)cc2)cc1. The number of rotatable bonds is 10. The van der Waals surface area contributed by atoms with Crippen LogP contribution in [0.2, 0.25) is 0 Å². The Bertz CT molecular complexity index is 2710. The molecule has 338 valence electrons. The lowest BCUT2D eigenvalue weighted by atomic mass is 9.47. The molecule has 1 spiro atoms. The van der Waals surface area contributed by atoms with Gasteiger partial charge >= 0.3 is 6.18 Å². The van der Waals surface area contributed by atoms with Crippen LogP contribution in [0.5, 0.6) is 0 Å². The Morgan fingerprint density at radius 3 is 1.17 bits per heavy atom. The summed E-state index contributed by atoms with van der Waals surface area (Å²) in [5, 5.41) is 0. The van der Waals surface area contributed by atoms with Crippen LogP contribution in [0.1, 0.15) is 94.5 Å². The first-order valence-corrected chi connectivity index (χ1v) is 24.1. The van der Waals surface area contributed by atoms with Gasteiger partial charge in [-0.25, -0.2) is 0 Å². The van der Waals surface area contributed by atoms with Gasteiger partial charge in [-0.15, -0.1) is 0 Å². The van der Waals surface area contributed by atoms with E-state index in [2.05, 4.69) is 111 Å². The van der Waals surface area contributed by atoms with E-state index in [1.165, 1.54) is 85.0 Å². The Labute approximate surface area is 392 Å². The van der Waals surface area contributed by atoms with Crippen LogP contribution < -0.4 is 0 Å². The standard InChI is InChI=1S/C62H65F3N/c1-45-15-17-46(18-16-45)47-19-21-50(22-20-47)53-31-37-57(38-32-53)61(62(63,64)65,56-13-9-7-10-14-56)59(4,5)58(2,3)54-33-27-51(28-34-54)48-23-25-49(26-24-48)52-29-35-55(36-30-52)60(6)39-43-66(44-40-60)41-11-8-12-42-66/h7,9-10,13-38H,8,11-12,39-44H2,1-6H3/q+1. The molecule has 0 radical (unpaired) electrons. The summed E-state index contributed by atoms with van der Waals surface area (Å²) in [6.45, 7) is 17.4. The number of quaternary nitrogens is 1. The van der Waals surface area contributed by atoms with E-state index in [9.17, 15) is 0 Å². The van der Waals surface area contributed by atoms with Gasteiger partial charge < -0.3 is 4.48 Å². The first-order chi connectivity index (χ1) is 31.6. The molecular formula is C62H65F3N+. The highest BCUT2D eigenvalue weighted by atomic mass is 19.4. The lowest BCUT2D eigenvalue weighted by Gasteiger charge is -2.56. The maximum absolute atomic E-state index is 16.6. The summed E-state index contributed by atoms with van der Waals surface area (Å²) < 4.78 is 51.0. The zero-order valence-corrected chi connectivity index (χ0v) is 39.7. The monoisotopic (exact) mass is 881 g/mol. The molecule has 1 unspecified atom stereocenters. The molecule has 4 heteroatoms. The third-order valence-electron chi connectivity index (χ3n) is 16.8. The maximum Gasteiger partial charge on any atom is 0.402 e. The van der Waals surface area contributed by atoms with Crippen LogP contribution in [0.3, 0.4) is 0 Å². The van der Waals surface area contributed by atoms with Gasteiger partial charge in [-0.2, -0.15) is 13.2 Å². The average molecular weight is 881 g/mol. The highest BCUT2D eigenvalue weighted by Crippen LogP contribution is 2.63. The lowest BCUT2D eigenvalue weighted by molar-refractivity contribution is -0.938. The second kappa shape index (κ2) is 17.5. The number of benzene rings is 7. The summed E-state index contributed by atoms with van der Waals surface area (Å²) in [6.07, 6.45) is 2.04. The molecule has 2 fully saturated rings. The molecule has 1 nitrogen and oxygen atoms in total. The fourth-order valence-corrected chi connectivity index (χ4v) is 11.7. The zero-order chi connectivity index (χ0) is 46.4. The largest absolute Gasteiger partial charge is 0.402 e. The predicted molar refractivity (Wildman–Crippen MR) is 270 cm³/mol. The van der Waals surface area contributed by atoms with Crippen molar-refractivity contribution < 1.29 is 17.7 Å². The molecule has 2 heterocycles. The number of hydrogen-bond acceptors (Lipinski definition) is 0. The van der Waals surface area contributed by atoms with Crippen molar-refractivity contribution in [2.45, 2.75) is 96.1 Å². The molecule has 0 bridgehead atoms. The van der Waals surface area contributed by atoms with E-state index < -0.39 is 22.4 Å². The summed E-state index contributed by atoms with van der Waals surface area (Å²) in [7, 11) is 0. The smallest absolute Gasteiger partial charge is 0.324 e. The molecule has 2 aliphatic rings. The minimum atomic E-state index is -4.64. The Hall–Kier alpha value is -5.71.